The molecule has 0 aliphatic carbocycles. The van der Waals surface area contributed by atoms with Crippen LogP contribution in [0.25, 0.3) is 0 Å². The molecule has 1 aromatic carbocycles. The standard InChI is InChI=1S/C13H15N3O/c1-15(12-8-4-2-5-9-12)13(17)14-16-10-6-3-7-11-16/h2-10H,11H2,1H3,(H,14,17). The van der Waals surface area contributed by atoms with Crippen LogP contribution in [0.1, 0.15) is 0 Å². The number of carbonyl (C=O) groups excluding carboxylic acids is 1. The van der Waals surface area contributed by atoms with Crippen molar-refractivity contribution >= 4 is 11.7 Å². The number of carbonyl (C=O) groups is 1. The van der Waals surface area contributed by atoms with Gasteiger partial charge in [0, 0.05) is 18.9 Å². The molecule has 88 valence electrons. The maximum atomic E-state index is 11.9. The number of hydrogen-bond acceptors (Lipinski definition) is 2. The van der Waals surface area contributed by atoms with Crippen LogP contribution in [-0.4, -0.2) is 24.6 Å². The summed E-state index contributed by atoms with van der Waals surface area (Å²) in [4.78, 5) is 13.5. The Labute approximate surface area is 101 Å². The summed E-state index contributed by atoms with van der Waals surface area (Å²) in [5.74, 6) is 0. The smallest absolute Gasteiger partial charge is 0.296 e. The van der Waals surface area contributed by atoms with Gasteiger partial charge in [-0.25, -0.2) is 10.2 Å². The van der Waals surface area contributed by atoms with Gasteiger partial charge in [-0.05, 0) is 18.2 Å². The lowest BCUT2D eigenvalue weighted by Crippen LogP contribution is -2.46. The molecular formula is C13H15N3O. The summed E-state index contributed by atoms with van der Waals surface area (Å²) in [6.45, 7) is 0.685. The zero-order valence-corrected chi connectivity index (χ0v) is 9.71. The van der Waals surface area contributed by atoms with E-state index >= 15 is 0 Å². The molecule has 17 heavy (non-hydrogen) atoms. The summed E-state index contributed by atoms with van der Waals surface area (Å²) in [5.41, 5.74) is 3.66. The highest BCUT2D eigenvalue weighted by Gasteiger charge is 2.12. The Balaban J connectivity index is 1.96. The highest BCUT2D eigenvalue weighted by Crippen LogP contribution is 2.11. The van der Waals surface area contributed by atoms with Gasteiger partial charge in [-0.3, -0.25) is 9.91 Å². The molecule has 0 aromatic heterocycles. The molecule has 0 atom stereocenters. The molecule has 0 radical (unpaired) electrons. The lowest BCUT2D eigenvalue weighted by Gasteiger charge is -2.25. The Kier molecular flexibility index (Phi) is 3.45. The van der Waals surface area contributed by atoms with Crippen molar-refractivity contribution in [2.24, 2.45) is 0 Å². The SMILES string of the molecule is CN(C(=O)NN1C=CC=CC1)c1ccccc1. The van der Waals surface area contributed by atoms with Gasteiger partial charge in [0.2, 0.25) is 0 Å². The van der Waals surface area contributed by atoms with Crippen molar-refractivity contribution in [3.8, 4) is 0 Å². The van der Waals surface area contributed by atoms with Gasteiger partial charge in [-0.1, -0.05) is 30.4 Å². The first-order valence-corrected chi connectivity index (χ1v) is 5.47. The molecular weight excluding hydrogens is 214 g/mol. The number of nitrogens with zero attached hydrogens (tertiary/aromatic N) is 2. The van der Waals surface area contributed by atoms with Crippen LogP contribution in [0.3, 0.4) is 0 Å². The molecule has 2 amide bonds. The van der Waals surface area contributed by atoms with Gasteiger partial charge < -0.3 is 0 Å². The van der Waals surface area contributed by atoms with E-state index in [1.165, 1.54) is 0 Å². The minimum Gasteiger partial charge on any atom is -0.296 e. The van der Waals surface area contributed by atoms with Crippen LogP contribution in [0, 0.1) is 0 Å². The van der Waals surface area contributed by atoms with Crippen LogP contribution < -0.4 is 10.3 Å². The van der Waals surface area contributed by atoms with Crippen molar-refractivity contribution < 1.29 is 4.79 Å². The minimum absolute atomic E-state index is 0.156. The molecule has 1 heterocycles. The fraction of sp³-hybridized carbons (Fsp3) is 0.154. The third kappa shape index (κ3) is 2.87. The van der Waals surface area contributed by atoms with Gasteiger partial charge in [0.1, 0.15) is 0 Å². The number of allylic oxidation sites excluding steroid dienone is 2. The maximum Gasteiger partial charge on any atom is 0.340 e. The van der Waals surface area contributed by atoms with E-state index in [9.17, 15) is 4.79 Å². The van der Waals surface area contributed by atoms with E-state index in [0.29, 0.717) is 6.54 Å². The summed E-state index contributed by atoms with van der Waals surface area (Å²) in [6, 6.07) is 9.37. The van der Waals surface area contributed by atoms with Crippen molar-refractivity contribution in [3.05, 3.63) is 54.8 Å². The average Bonchev–Trinajstić information content (AvgIpc) is 2.40. The molecule has 0 unspecified atom stereocenters. The second-order valence-electron chi connectivity index (χ2n) is 3.73. The largest absolute Gasteiger partial charge is 0.340 e. The van der Waals surface area contributed by atoms with E-state index in [1.807, 2.05) is 54.8 Å². The Hall–Kier alpha value is -2.23. The van der Waals surface area contributed by atoms with Gasteiger partial charge >= 0.3 is 6.03 Å². The van der Waals surface area contributed by atoms with Crippen LogP contribution in [0.4, 0.5) is 10.5 Å². The van der Waals surface area contributed by atoms with E-state index in [1.54, 1.807) is 17.0 Å². The summed E-state index contributed by atoms with van der Waals surface area (Å²) < 4.78 is 0. The second-order valence-corrected chi connectivity index (χ2v) is 3.73. The first-order chi connectivity index (χ1) is 8.27. The zero-order valence-electron chi connectivity index (χ0n) is 9.71. The summed E-state index contributed by atoms with van der Waals surface area (Å²) in [6.07, 6.45) is 7.63. The van der Waals surface area contributed by atoms with Crippen molar-refractivity contribution in [2.45, 2.75) is 0 Å². The molecule has 2 rings (SSSR count). The summed E-state index contributed by atoms with van der Waals surface area (Å²) in [5, 5.41) is 1.74. The monoisotopic (exact) mass is 229 g/mol. The highest BCUT2D eigenvalue weighted by molar-refractivity contribution is 5.91. The lowest BCUT2D eigenvalue weighted by molar-refractivity contribution is 0.221. The number of hydrogen-bond donors (Lipinski definition) is 1. The van der Waals surface area contributed by atoms with E-state index in [2.05, 4.69) is 5.43 Å². The van der Waals surface area contributed by atoms with Crippen LogP contribution in [0.2, 0.25) is 0 Å². The average molecular weight is 229 g/mol. The van der Waals surface area contributed by atoms with E-state index in [0.717, 1.165) is 5.69 Å². The van der Waals surface area contributed by atoms with E-state index in [4.69, 9.17) is 0 Å². The van der Waals surface area contributed by atoms with Crippen LogP contribution in [-0.2, 0) is 0 Å². The lowest BCUT2D eigenvalue weighted by atomic mass is 10.3. The number of urea groups is 1. The first-order valence-electron chi connectivity index (χ1n) is 5.47. The summed E-state index contributed by atoms with van der Waals surface area (Å²) in [7, 11) is 1.74. The molecule has 0 saturated carbocycles. The molecule has 0 spiro atoms. The zero-order chi connectivity index (χ0) is 12.1. The molecule has 4 nitrogen and oxygen atoms in total. The van der Waals surface area contributed by atoms with Gasteiger partial charge in [0.15, 0.2) is 0 Å². The number of hydrazine groups is 1. The normalized spacial score (nSPS) is 13.6. The quantitative estimate of drug-likeness (QED) is 0.843. The molecule has 1 aliphatic rings. The molecule has 1 aromatic rings. The molecule has 1 N–H and O–H groups in total. The van der Waals surface area contributed by atoms with E-state index < -0.39 is 0 Å². The van der Waals surface area contributed by atoms with Crippen molar-refractivity contribution in [2.75, 3.05) is 18.5 Å². The number of para-hydroxylation sites is 1. The van der Waals surface area contributed by atoms with Crippen LogP contribution in [0.5, 0.6) is 0 Å². The Morgan fingerprint density at radius 3 is 2.71 bits per heavy atom. The fourth-order valence-electron chi connectivity index (χ4n) is 1.52. The maximum absolute atomic E-state index is 11.9. The molecule has 0 bridgehead atoms. The molecule has 4 heteroatoms. The predicted molar refractivity (Wildman–Crippen MR) is 68.4 cm³/mol. The van der Waals surface area contributed by atoms with Gasteiger partial charge in [-0.15, -0.1) is 0 Å². The van der Waals surface area contributed by atoms with Crippen molar-refractivity contribution in [3.63, 3.8) is 0 Å². The first kappa shape index (κ1) is 11.3. The van der Waals surface area contributed by atoms with Crippen molar-refractivity contribution in [1.82, 2.24) is 10.4 Å². The topological polar surface area (TPSA) is 35.6 Å². The predicted octanol–water partition coefficient (Wildman–Crippen LogP) is 2.13. The van der Waals surface area contributed by atoms with E-state index in [-0.39, 0.29) is 6.03 Å². The van der Waals surface area contributed by atoms with Crippen LogP contribution >= 0.6 is 0 Å². The highest BCUT2D eigenvalue weighted by atomic mass is 16.2. The minimum atomic E-state index is -0.156. The number of anilines is 1. The van der Waals surface area contributed by atoms with Crippen LogP contribution in [0.15, 0.2) is 54.8 Å². The van der Waals surface area contributed by atoms with Gasteiger partial charge in [0.25, 0.3) is 0 Å². The third-order valence-corrected chi connectivity index (χ3v) is 2.50. The number of amides is 2. The fourth-order valence-corrected chi connectivity index (χ4v) is 1.52. The van der Waals surface area contributed by atoms with Gasteiger partial charge in [0.05, 0.1) is 6.54 Å². The number of benzene rings is 1. The third-order valence-electron chi connectivity index (χ3n) is 2.50. The molecule has 0 fully saturated rings. The van der Waals surface area contributed by atoms with Crippen molar-refractivity contribution in [1.29, 1.82) is 0 Å². The number of nitrogens with one attached hydrogen (secondary N) is 1. The summed E-state index contributed by atoms with van der Waals surface area (Å²) >= 11 is 0. The number of rotatable bonds is 2. The molecule has 0 saturated heterocycles. The van der Waals surface area contributed by atoms with Gasteiger partial charge in [-0.2, -0.15) is 0 Å². The Bertz CT molecular complexity index is 439. The Morgan fingerprint density at radius 1 is 1.29 bits per heavy atom. The Morgan fingerprint density at radius 2 is 2.06 bits per heavy atom. The second kappa shape index (κ2) is 5.21. The molecule has 1 aliphatic heterocycles.